The number of ether oxygens (including phenoxy) is 2. The van der Waals surface area contributed by atoms with Crippen LogP contribution in [0, 0.1) is 28.1 Å². The summed E-state index contributed by atoms with van der Waals surface area (Å²) < 4.78 is 50.0. The Balaban J connectivity index is 1.74. The van der Waals surface area contributed by atoms with Gasteiger partial charge in [0.1, 0.15) is 17.6 Å². The van der Waals surface area contributed by atoms with Crippen molar-refractivity contribution in [3.05, 3.63) is 60.2 Å². The quantitative estimate of drug-likeness (QED) is 0.525. The Kier molecular flexibility index (Phi) is 5.55. The number of hydrogen-bond acceptors (Lipinski definition) is 4. The normalized spacial score (nSPS) is 23.2. The first-order chi connectivity index (χ1) is 14.0. The van der Waals surface area contributed by atoms with Gasteiger partial charge < -0.3 is 9.47 Å². The van der Waals surface area contributed by atoms with Crippen molar-refractivity contribution in [1.82, 2.24) is 0 Å². The van der Waals surface area contributed by atoms with Crippen LogP contribution in [0.25, 0.3) is 0 Å². The molecule has 0 N–H and O–H groups in total. The molecule has 3 atom stereocenters. The molecule has 3 unspecified atom stereocenters. The summed E-state index contributed by atoms with van der Waals surface area (Å²) in [7, 11) is 0. The molecule has 158 valence electrons. The Bertz CT molecular complexity index is 966. The minimum Gasteiger partial charge on any atom is -0.457 e. The summed E-state index contributed by atoms with van der Waals surface area (Å²) >= 11 is 0. The van der Waals surface area contributed by atoms with Gasteiger partial charge in [0.15, 0.2) is 0 Å². The topological polar surface area (TPSA) is 59.3 Å². The third kappa shape index (κ3) is 4.28. The van der Waals surface area contributed by atoms with Crippen LogP contribution in [-0.2, 0) is 9.53 Å². The summed E-state index contributed by atoms with van der Waals surface area (Å²) in [6.07, 6.45) is -6.72. The van der Waals surface area contributed by atoms with Gasteiger partial charge in [-0.1, -0.05) is 51.1 Å². The summed E-state index contributed by atoms with van der Waals surface area (Å²) in [6.45, 7) is 4.66. The van der Waals surface area contributed by atoms with Crippen molar-refractivity contribution < 1.29 is 27.4 Å². The van der Waals surface area contributed by atoms with Gasteiger partial charge in [0, 0.05) is 5.56 Å². The number of carbonyl (C=O) groups excluding carboxylic acids is 1. The van der Waals surface area contributed by atoms with Gasteiger partial charge in [-0.3, -0.25) is 4.79 Å². The van der Waals surface area contributed by atoms with Crippen molar-refractivity contribution in [2.45, 2.75) is 39.5 Å². The number of benzene rings is 2. The van der Waals surface area contributed by atoms with E-state index in [-0.39, 0.29) is 0 Å². The zero-order valence-corrected chi connectivity index (χ0v) is 16.9. The maximum absolute atomic E-state index is 13.0. The SMILES string of the molecule is CC1(C)C(C(=O)OC(C#N)c2cccc(Oc3ccccc3)c2)C1(C)CC(F)(F)F. The van der Waals surface area contributed by atoms with E-state index in [1.165, 1.54) is 6.92 Å². The molecular formula is C23H22F3NO3. The molecule has 0 spiro atoms. The van der Waals surface area contributed by atoms with Gasteiger partial charge in [0.2, 0.25) is 6.10 Å². The smallest absolute Gasteiger partial charge is 0.389 e. The van der Waals surface area contributed by atoms with Crippen molar-refractivity contribution in [1.29, 1.82) is 5.26 Å². The number of nitriles is 1. The van der Waals surface area contributed by atoms with Crippen molar-refractivity contribution in [3.8, 4) is 17.6 Å². The molecule has 0 aromatic heterocycles. The Morgan fingerprint density at radius 3 is 2.33 bits per heavy atom. The first kappa shape index (κ1) is 21.7. The minimum absolute atomic E-state index is 0.385. The Hall–Kier alpha value is -3.01. The number of hydrogen-bond donors (Lipinski definition) is 0. The van der Waals surface area contributed by atoms with E-state index in [0.29, 0.717) is 17.1 Å². The predicted octanol–water partition coefficient (Wildman–Crippen LogP) is 6.20. The standard InChI is InChI=1S/C23H22F3NO3/c1-21(2)19(22(21,3)14-23(24,25)26)20(28)30-18(13-27)15-8-7-11-17(12-15)29-16-9-5-4-6-10-16/h4-12,18-19H,14H2,1-3H3. The molecule has 7 heteroatoms. The summed E-state index contributed by atoms with van der Waals surface area (Å²) in [6, 6.07) is 17.4. The number of esters is 1. The van der Waals surface area contributed by atoms with Crippen LogP contribution in [0.3, 0.4) is 0 Å². The lowest BCUT2D eigenvalue weighted by Crippen LogP contribution is -2.20. The summed E-state index contributed by atoms with van der Waals surface area (Å²) in [5, 5.41) is 9.51. The van der Waals surface area contributed by atoms with E-state index in [1.807, 2.05) is 24.3 Å². The van der Waals surface area contributed by atoms with Crippen LogP contribution in [0.1, 0.15) is 38.9 Å². The second-order valence-corrected chi connectivity index (χ2v) is 8.30. The van der Waals surface area contributed by atoms with E-state index in [0.717, 1.165) is 0 Å². The molecule has 1 fully saturated rings. The number of alkyl halides is 3. The van der Waals surface area contributed by atoms with Gasteiger partial charge in [0.05, 0.1) is 12.3 Å². The second kappa shape index (κ2) is 7.67. The van der Waals surface area contributed by atoms with Gasteiger partial charge in [0.25, 0.3) is 0 Å². The molecule has 1 aliphatic rings. The molecule has 2 aromatic rings. The highest BCUT2D eigenvalue weighted by molar-refractivity contribution is 5.79. The maximum atomic E-state index is 13.0. The molecule has 1 aliphatic carbocycles. The summed E-state index contributed by atoms with van der Waals surface area (Å²) in [4.78, 5) is 12.7. The molecular weight excluding hydrogens is 395 g/mol. The average Bonchev–Trinajstić information content (AvgIpc) is 3.09. The molecule has 3 rings (SSSR count). The zero-order chi connectivity index (χ0) is 22.2. The maximum Gasteiger partial charge on any atom is 0.389 e. The number of nitrogens with zero attached hydrogens (tertiary/aromatic N) is 1. The lowest BCUT2D eigenvalue weighted by atomic mass is 9.94. The first-order valence-corrected chi connectivity index (χ1v) is 9.48. The number of halogens is 3. The molecule has 0 aliphatic heterocycles. The molecule has 0 radical (unpaired) electrons. The fourth-order valence-electron chi connectivity index (χ4n) is 4.09. The molecule has 4 nitrogen and oxygen atoms in total. The molecule has 2 aromatic carbocycles. The van der Waals surface area contributed by atoms with Gasteiger partial charge in [-0.2, -0.15) is 18.4 Å². The van der Waals surface area contributed by atoms with Crippen molar-refractivity contribution >= 4 is 5.97 Å². The van der Waals surface area contributed by atoms with Gasteiger partial charge in [-0.15, -0.1) is 0 Å². The van der Waals surface area contributed by atoms with E-state index in [1.54, 1.807) is 50.2 Å². The van der Waals surface area contributed by atoms with Crippen molar-refractivity contribution in [3.63, 3.8) is 0 Å². The first-order valence-electron chi connectivity index (χ1n) is 9.48. The van der Waals surface area contributed by atoms with E-state index in [4.69, 9.17) is 9.47 Å². The van der Waals surface area contributed by atoms with E-state index >= 15 is 0 Å². The molecule has 0 bridgehead atoms. The minimum atomic E-state index is -4.39. The lowest BCUT2D eigenvalue weighted by Gasteiger charge is -2.17. The van der Waals surface area contributed by atoms with E-state index < -0.39 is 41.4 Å². The molecule has 0 saturated heterocycles. The fraction of sp³-hybridized carbons (Fsp3) is 0.391. The van der Waals surface area contributed by atoms with E-state index in [2.05, 4.69) is 0 Å². The van der Waals surface area contributed by atoms with Crippen molar-refractivity contribution in [2.75, 3.05) is 0 Å². The predicted molar refractivity (Wildman–Crippen MR) is 103 cm³/mol. The largest absolute Gasteiger partial charge is 0.457 e. The molecule has 0 amide bonds. The fourth-order valence-corrected chi connectivity index (χ4v) is 4.09. The highest BCUT2D eigenvalue weighted by Crippen LogP contribution is 2.72. The van der Waals surface area contributed by atoms with Crippen LogP contribution in [-0.4, -0.2) is 12.1 Å². The second-order valence-electron chi connectivity index (χ2n) is 8.30. The van der Waals surface area contributed by atoms with Crippen molar-refractivity contribution in [2.24, 2.45) is 16.7 Å². The van der Waals surface area contributed by atoms with Crippen LogP contribution in [0.5, 0.6) is 11.5 Å². The highest BCUT2D eigenvalue weighted by Gasteiger charge is 2.74. The lowest BCUT2D eigenvalue weighted by molar-refractivity contribution is -0.156. The summed E-state index contributed by atoms with van der Waals surface area (Å²) in [5.41, 5.74) is -1.76. The van der Waals surface area contributed by atoms with Crippen LogP contribution in [0.15, 0.2) is 54.6 Å². The van der Waals surface area contributed by atoms with Gasteiger partial charge in [-0.25, -0.2) is 0 Å². The van der Waals surface area contributed by atoms with Crippen LogP contribution < -0.4 is 4.74 Å². The molecule has 1 saturated carbocycles. The van der Waals surface area contributed by atoms with Gasteiger partial charge >= 0.3 is 12.1 Å². The number of para-hydroxylation sites is 1. The Morgan fingerprint density at radius 2 is 1.73 bits per heavy atom. The zero-order valence-electron chi connectivity index (χ0n) is 16.9. The van der Waals surface area contributed by atoms with Gasteiger partial charge in [-0.05, 0) is 35.1 Å². The summed E-state index contributed by atoms with van der Waals surface area (Å²) in [5.74, 6) is -0.689. The molecule has 0 heterocycles. The molecule has 30 heavy (non-hydrogen) atoms. The number of rotatable bonds is 6. The van der Waals surface area contributed by atoms with Crippen LogP contribution in [0.4, 0.5) is 13.2 Å². The highest BCUT2D eigenvalue weighted by atomic mass is 19.4. The number of carbonyl (C=O) groups is 1. The van der Waals surface area contributed by atoms with Crippen LogP contribution >= 0.6 is 0 Å². The average molecular weight is 417 g/mol. The Labute approximate surface area is 173 Å². The third-order valence-corrected chi connectivity index (χ3v) is 6.04. The monoisotopic (exact) mass is 417 g/mol. The Morgan fingerprint density at radius 1 is 1.10 bits per heavy atom. The third-order valence-electron chi connectivity index (χ3n) is 6.04. The van der Waals surface area contributed by atoms with E-state index in [9.17, 15) is 23.2 Å². The van der Waals surface area contributed by atoms with Crippen LogP contribution in [0.2, 0.25) is 0 Å².